The number of hydrogen-bond acceptors (Lipinski definition) is 6. The number of carbonyl (C=O) groups is 1. The first-order chi connectivity index (χ1) is 8.43. The average molecular weight is 251 g/mol. The molecule has 1 aliphatic heterocycles. The number of nitrogen functional groups attached to an aromatic ring is 1. The van der Waals surface area contributed by atoms with E-state index >= 15 is 0 Å². The van der Waals surface area contributed by atoms with Crippen LogP contribution in [0.25, 0.3) is 0 Å². The van der Waals surface area contributed by atoms with Gasteiger partial charge in [-0.25, -0.2) is 9.78 Å². The van der Waals surface area contributed by atoms with E-state index in [0.717, 1.165) is 0 Å². The molecule has 6 heteroatoms. The molecule has 6 nitrogen and oxygen atoms in total. The van der Waals surface area contributed by atoms with Crippen molar-refractivity contribution in [3.8, 4) is 0 Å². The molecule has 1 saturated heterocycles. The summed E-state index contributed by atoms with van der Waals surface area (Å²) in [6.45, 7) is 2.97. The number of methoxy groups -OCH3 is 1. The molecule has 1 aliphatic rings. The molecule has 2 rings (SSSR count). The Morgan fingerprint density at radius 3 is 2.94 bits per heavy atom. The normalized spacial score (nSPS) is 23.2. The predicted octanol–water partition coefficient (Wildman–Crippen LogP) is 0.411. The van der Waals surface area contributed by atoms with Gasteiger partial charge in [-0.3, -0.25) is 0 Å². The second-order valence-corrected chi connectivity index (χ2v) is 4.79. The number of anilines is 2. The smallest absolute Gasteiger partial charge is 0.340 e. The molecule has 1 unspecified atom stereocenters. The van der Waals surface area contributed by atoms with Crippen LogP contribution in [0, 0.1) is 0 Å². The lowest BCUT2D eigenvalue weighted by molar-refractivity contribution is 0.0602. The number of β-amino-alcohol motifs (C(OH)–C–C–N with tert-alkyl or cyclic N) is 1. The minimum absolute atomic E-state index is 0.288. The van der Waals surface area contributed by atoms with E-state index in [1.54, 1.807) is 13.0 Å². The van der Waals surface area contributed by atoms with Crippen LogP contribution < -0.4 is 10.6 Å². The lowest BCUT2D eigenvalue weighted by atomic mass is 10.1. The van der Waals surface area contributed by atoms with Gasteiger partial charge in [0.05, 0.1) is 30.2 Å². The lowest BCUT2D eigenvalue weighted by Gasteiger charge is -2.20. The van der Waals surface area contributed by atoms with Gasteiger partial charge in [-0.1, -0.05) is 0 Å². The summed E-state index contributed by atoms with van der Waals surface area (Å²) in [5, 5.41) is 9.92. The van der Waals surface area contributed by atoms with Crippen LogP contribution in [-0.2, 0) is 4.74 Å². The third kappa shape index (κ3) is 2.38. The molecule has 0 radical (unpaired) electrons. The lowest BCUT2D eigenvalue weighted by Crippen LogP contribution is -2.30. The first kappa shape index (κ1) is 12.6. The van der Waals surface area contributed by atoms with E-state index in [9.17, 15) is 9.90 Å². The van der Waals surface area contributed by atoms with Crippen LogP contribution in [0.3, 0.4) is 0 Å². The van der Waals surface area contributed by atoms with E-state index in [2.05, 4.69) is 9.72 Å². The summed E-state index contributed by atoms with van der Waals surface area (Å²) in [6, 6.07) is 1.60. The Hall–Kier alpha value is -1.82. The van der Waals surface area contributed by atoms with Gasteiger partial charge in [0, 0.05) is 13.1 Å². The first-order valence-electron chi connectivity index (χ1n) is 5.74. The molecule has 0 amide bonds. The summed E-state index contributed by atoms with van der Waals surface area (Å²) in [7, 11) is 1.31. The second-order valence-electron chi connectivity index (χ2n) is 4.79. The number of nitrogens with zero attached hydrogens (tertiary/aromatic N) is 2. The second kappa shape index (κ2) is 4.45. The van der Waals surface area contributed by atoms with Crippen molar-refractivity contribution in [2.45, 2.75) is 18.9 Å². The zero-order valence-corrected chi connectivity index (χ0v) is 10.5. The molecule has 0 saturated carbocycles. The number of hydrogen-bond donors (Lipinski definition) is 2. The van der Waals surface area contributed by atoms with Crippen molar-refractivity contribution in [1.82, 2.24) is 4.98 Å². The third-order valence-corrected chi connectivity index (χ3v) is 3.10. The van der Waals surface area contributed by atoms with Crippen LogP contribution in [-0.4, -0.2) is 41.9 Å². The number of ether oxygens (including phenoxy) is 1. The quantitative estimate of drug-likeness (QED) is 0.740. The first-order valence-corrected chi connectivity index (χ1v) is 5.74. The molecule has 0 aliphatic carbocycles. The Morgan fingerprint density at radius 2 is 2.39 bits per heavy atom. The maximum Gasteiger partial charge on any atom is 0.340 e. The van der Waals surface area contributed by atoms with Crippen LogP contribution in [0.5, 0.6) is 0 Å². The number of nitrogens with two attached hydrogens (primary N) is 1. The van der Waals surface area contributed by atoms with Crippen LogP contribution in [0.2, 0.25) is 0 Å². The number of aliphatic hydroxyl groups is 1. The summed E-state index contributed by atoms with van der Waals surface area (Å²) < 4.78 is 4.66. The fourth-order valence-electron chi connectivity index (χ4n) is 2.06. The molecule has 0 aromatic carbocycles. The molecule has 2 heterocycles. The zero-order valence-electron chi connectivity index (χ0n) is 10.5. The monoisotopic (exact) mass is 251 g/mol. The highest BCUT2D eigenvalue weighted by Gasteiger charge is 2.32. The number of esters is 1. The van der Waals surface area contributed by atoms with E-state index in [0.29, 0.717) is 30.9 Å². The van der Waals surface area contributed by atoms with Crippen molar-refractivity contribution in [3.63, 3.8) is 0 Å². The van der Waals surface area contributed by atoms with E-state index in [4.69, 9.17) is 5.73 Å². The van der Waals surface area contributed by atoms with Crippen molar-refractivity contribution in [3.05, 3.63) is 17.8 Å². The van der Waals surface area contributed by atoms with Gasteiger partial charge in [-0.05, 0) is 19.4 Å². The van der Waals surface area contributed by atoms with Crippen LogP contribution in [0.1, 0.15) is 23.7 Å². The van der Waals surface area contributed by atoms with E-state index in [1.165, 1.54) is 13.3 Å². The number of rotatable bonds is 2. The highest BCUT2D eigenvalue weighted by atomic mass is 16.5. The number of carbonyl (C=O) groups excluding carboxylic acids is 1. The number of aromatic nitrogens is 1. The SMILES string of the molecule is COC(=O)c1cc(N2CCC(C)(O)C2)ncc1N. The fourth-order valence-corrected chi connectivity index (χ4v) is 2.06. The topological polar surface area (TPSA) is 88.7 Å². The Labute approximate surface area is 105 Å². The van der Waals surface area contributed by atoms with Gasteiger partial charge < -0.3 is 20.5 Å². The van der Waals surface area contributed by atoms with E-state index < -0.39 is 11.6 Å². The van der Waals surface area contributed by atoms with Gasteiger partial charge in [0.2, 0.25) is 0 Å². The van der Waals surface area contributed by atoms with Crippen molar-refractivity contribution in [2.75, 3.05) is 30.8 Å². The summed E-state index contributed by atoms with van der Waals surface area (Å²) in [5.74, 6) is 0.143. The molecule has 98 valence electrons. The highest BCUT2D eigenvalue weighted by molar-refractivity contribution is 5.95. The average Bonchev–Trinajstić information content (AvgIpc) is 2.69. The van der Waals surface area contributed by atoms with Crippen LogP contribution in [0.15, 0.2) is 12.3 Å². The molecule has 3 N–H and O–H groups in total. The van der Waals surface area contributed by atoms with Crippen molar-refractivity contribution in [1.29, 1.82) is 0 Å². The largest absolute Gasteiger partial charge is 0.465 e. The molecule has 0 bridgehead atoms. The van der Waals surface area contributed by atoms with E-state index in [-0.39, 0.29) is 5.69 Å². The van der Waals surface area contributed by atoms with Gasteiger partial charge in [0.25, 0.3) is 0 Å². The van der Waals surface area contributed by atoms with Gasteiger partial charge in [-0.15, -0.1) is 0 Å². The van der Waals surface area contributed by atoms with Gasteiger partial charge >= 0.3 is 5.97 Å². The Kier molecular flexibility index (Phi) is 3.13. The van der Waals surface area contributed by atoms with Crippen LogP contribution >= 0.6 is 0 Å². The standard InChI is InChI=1S/C12H17N3O3/c1-12(17)3-4-15(7-12)10-5-8(11(16)18-2)9(13)6-14-10/h5-6,17H,3-4,7,13H2,1-2H3. The number of pyridine rings is 1. The fraction of sp³-hybridized carbons (Fsp3) is 0.500. The van der Waals surface area contributed by atoms with Crippen LogP contribution in [0.4, 0.5) is 11.5 Å². The molecule has 1 aromatic heterocycles. The van der Waals surface area contributed by atoms with Gasteiger partial charge in [0.1, 0.15) is 5.82 Å². The third-order valence-electron chi connectivity index (χ3n) is 3.10. The van der Waals surface area contributed by atoms with Gasteiger partial charge in [-0.2, -0.15) is 0 Å². The summed E-state index contributed by atoms with van der Waals surface area (Å²) in [4.78, 5) is 17.6. The molecule has 1 aromatic rings. The summed E-state index contributed by atoms with van der Waals surface area (Å²) in [5.41, 5.74) is 5.56. The predicted molar refractivity (Wildman–Crippen MR) is 67.4 cm³/mol. The Morgan fingerprint density at radius 1 is 1.67 bits per heavy atom. The molecule has 1 fully saturated rings. The zero-order chi connectivity index (χ0) is 13.3. The highest BCUT2D eigenvalue weighted by Crippen LogP contribution is 2.26. The minimum atomic E-state index is -0.714. The molecule has 18 heavy (non-hydrogen) atoms. The molecular weight excluding hydrogens is 234 g/mol. The molecular formula is C12H17N3O3. The van der Waals surface area contributed by atoms with Gasteiger partial charge in [0.15, 0.2) is 0 Å². The maximum absolute atomic E-state index is 11.5. The van der Waals surface area contributed by atoms with Crippen molar-refractivity contribution >= 4 is 17.5 Å². The summed E-state index contributed by atoms with van der Waals surface area (Å²) in [6.07, 6.45) is 2.11. The maximum atomic E-state index is 11.5. The summed E-state index contributed by atoms with van der Waals surface area (Å²) >= 11 is 0. The molecule has 1 atom stereocenters. The Balaban J connectivity index is 2.28. The van der Waals surface area contributed by atoms with Crippen molar-refractivity contribution in [2.24, 2.45) is 0 Å². The molecule has 0 spiro atoms. The van der Waals surface area contributed by atoms with E-state index in [1.807, 2.05) is 4.90 Å². The Bertz CT molecular complexity index is 474. The minimum Gasteiger partial charge on any atom is -0.465 e. The van der Waals surface area contributed by atoms with Crippen molar-refractivity contribution < 1.29 is 14.6 Å².